The highest BCUT2D eigenvalue weighted by Crippen LogP contribution is 2.34. The van der Waals surface area contributed by atoms with Gasteiger partial charge < -0.3 is 14.9 Å². The molecule has 0 aliphatic carbocycles. The van der Waals surface area contributed by atoms with E-state index in [9.17, 15) is 15.0 Å². The number of halogens is 1. The van der Waals surface area contributed by atoms with Gasteiger partial charge in [-0.05, 0) is 40.6 Å². The largest absolute Gasteiger partial charge is 0.507 e. The smallest absolute Gasteiger partial charge is 0.275 e. The van der Waals surface area contributed by atoms with Gasteiger partial charge in [0.2, 0.25) is 0 Å². The molecule has 6 nitrogen and oxygen atoms in total. The van der Waals surface area contributed by atoms with Crippen molar-refractivity contribution in [3.05, 3.63) is 64.7 Å². The van der Waals surface area contributed by atoms with Crippen molar-refractivity contribution in [2.45, 2.75) is 0 Å². The molecule has 3 aromatic rings. The number of methoxy groups -OCH3 is 1. The Morgan fingerprint density at radius 1 is 1.15 bits per heavy atom. The van der Waals surface area contributed by atoms with Crippen LogP contribution in [-0.4, -0.2) is 29.4 Å². The minimum absolute atomic E-state index is 0.101. The number of fused-ring (bicyclic) bond motifs is 1. The average molecular weight is 371 g/mol. The quantitative estimate of drug-likeness (QED) is 0.482. The maximum atomic E-state index is 12.3. The summed E-state index contributed by atoms with van der Waals surface area (Å²) in [5.74, 6) is -0.666. The fourth-order valence-corrected chi connectivity index (χ4v) is 2.68. The molecular weight excluding hydrogens is 356 g/mol. The normalized spacial score (nSPS) is 11.0. The lowest BCUT2D eigenvalue weighted by Gasteiger charge is -2.07. The third-order valence-electron chi connectivity index (χ3n) is 3.76. The Labute approximate surface area is 154 Å². The highest BCUT2D eigenvalue weighted by atomic mass is 35.5. The summed E-state index contributed by atoms with van der Waals surface area (Å²) in [7, 11) is 1.40. The number of hydrazone groups is 1. The van der Waals surface area contributed by atoms with Crippen LogP contribution in [0.15, 0.2) is 53.6 Å². The van der Waals surface area contributed by atoms with E-state index in [0.717, 1.165) is 10.8 Å². The van der Waals surface area contributed by atoms with Crippen molar-refractivity contribution in [2.75, 3.05) is 7.11 Å². The number of nitrogens with zero attached hydrogens (tertiary/aromatic N) is 1. The Morgan fingerprint density at radius 3 is 2.54 bits per heavy atom. The number of phenols is 2. The molecule has 3 rings (SSSR count). The van der Waals surface area contributed by atoms with E-state index in [1.807, 2.05) is 24.3 Å². The van der Waals surface area contributed by atoms with Crippen molar-refractivity contribution in [1.29, 1.82) is 0 Å². The van der Waals surface area contributed by atoms with E-state index in [4.69, 9.17) is 16.3 Å². The summed E-state index contributed by atoms with van der Waals surface area (Å²) in [4.78, 5) is 12.3. The third-order valence-corrected chi connectivity index (χ3v) is 4.05. The van der Waals surface area contributed by atoms with E-state index in [1.54, 1.807) is 6.07 Å². The molecule has 0 heterocycles. The van der Waals surface area contributed by atoms with Gasteiger partial charge in [0.05, 0.1) is 23.9 Å². The number of rotatable bonds is 4. The minimum atomic E-state index is -0.554. The van der Waals surface area contributed by atoms with E-state index in [0.29, 0.717) is 5.56 Å². The minimum Gasteiger partial charge on any atom is -0.507 e. The number of carbonyl (C=O) groups excluding carboxylic acids is 1. The highest BCUT2D eigenvalue weighted by molar-refractivity contribution is 6.32. The van der Waals surface area contributed by atoms with E-state index in [1.165, 1.54) is 31.5 Å². The van der Waals surface area contributed by atoms with Gasteiger partial charge in [-0.15, -0.1) is 0 Å². The number of hydrogen-bond acceptors (Lipinski definition) is 5. The average Bonchev–Trinajstić information content (AvgIpc) is 2.63. The molecular formula is C19H15ClN2O4. The van der Waals surface area contributed by atoms with E-state index in [2.05, 4.69) is 10.5 Å². The predicted molar refractivity (Wildman–Crippen MR) is 100 cm³/mol. The van der Waals surface area contributed by atoms with Gasteiger partial charge in [-0.25, -0.2) is 5.43 Å². The van der Waals surface area contributed by atoms with Crippen LogP contribution in [0.3, 0.4) is 0 Å². The van der Waals surface area contributed by atoms with Crippen molar-refractivity contribution in [1.82, 2.24) is 5.43 Å². The molecule has 7 heteroatoms. The molecule has 0 aliphatic heterocycles. The molecule has 0 unspecified atom stereocenters. The molecule has 0 spiro atoms. The number of amides is 1. The van der Waals surface area contributed by atoms with Gasteiger partial charge in [0, 0.05) is 0 Å². The van der Waals surface area contributed by atoms with E-state index < -0.39 is 5.91 Å². The van der Waals surface area contributed by atoms with Crippen LogP contribution in [-0.2, 0) is 0 Å². The van der Waals surface area contributed by atoms with Gasteiger partial charge in [0.1, 0.15) is 5.75 Å². The van der Waals surface area contributed by atoms with Crippen molar-refractivity contribution in [3.8, 4) is 17.2 Å². The maximum absolute atomic E-state index is 12.3. The van der Waals surface area contributed by atoms with Crippen LogP contribution < -0.4 is 10.2 Å². The first-order chi connectivity index (χ1) is 12.5. The van der Waals surface area contributed by atoms with Gasteiger partial charge in [-0.1, -0.05) is 35.9 Å². The number of ether oxygens (including phenoxy) is 1. The van der Waals surface area contributed by atoms with Crippen molar-refractivity contribution in [2.24, 2.45) is 5.10 Å². The summed E-state index contributed by atoms with van der Waals surface area (Å²) >= 11 is 5.90. The Bertz CT molecular complexity index is 1020. The summed E-state index contributed by atoms with van der Waals surface area (Å²) in [6.45, 7) is 0. The molecule has 0 aromatic heterocycles. The molecule has 0 bridgehead atoms. The molecule has 3 aromatic carbocycles. The molecule has 0 saturated heterocycles. The number of hydrogen-bond donors (Lipinski definition) is 3. The number of aromatic hydroxyl groups is 2. The Kier molecular flexibility index (Phi) is 4.95. The van der Waals surface area contributed by atoms with Gasteiger partial charge in [-0.3, -0.25) is 4.79 Å². The second-order valence-electron chi connectivity index (χ2n) is 5.47. The molecule has 1 amide bonds. The van der Waals surface area contributed by atoms with Crippen LogP contribution in [0.2, 0.25) is 5.02 Å². The zero-order valence-electron chi connectivity index (χ0n) is 13.7. The summed E-state index contributed by atoms with van der Waals surface area (Å²) < 4.78 is 5.00. The monoisotopic (exact) mass is 370 g/mol. The molecule has 0 aliphatic rings. The number of carbonyl (C=O) groups is 1. The second-order valence-corrected chi connectivity index (χ2v) is 5.88. The van der Waals surface area contributed by atoms with Gasteiger partial charge in [0.25, 0.3) is 5.91 Å². The predicted octanol–water partition coefficient (Wildman–Crippen LogP) is 3.68. The zero-order valence-corrected chi connectivity index (χ0v) is 14.5. The molecule has 3 N–H and O–H groups in total. The number of phenolic OH excluding ortho intramolecular Hbond substituents is 2. The molecule has 0 atom stereocenters. The van der Waals surface area contributed by atoms with E-state index in [-0.39, 0.29) is 27.8 Å². The zero-order chi connectivity index (χ0) is 18.7. The molecule has 0 fully saturated rings. The summed E-state index contributed by atoms with van der Waals surface area (Å²) in [6.07, 6.45) is 1.35. The molecule has 0 radical (unpaired) electrons. The van der Waals surface area contributed by atoms with Gasteiger partial charge >= 0.3 is 0 Å². The first-order valence-electron chi connectivity index (χ1n) is 7.61. The van der Waals surface area contributed by atoms with Crippen molar-refractivity contribution >= 4 is 34.5 Å². The summed E-state index contributed by atoms with van der Waals surface area (Å²) in [6, 6.07) is 13.5. The molecule has 0 saturated carbocycles. The van der Waals surface area contributed by atoms with Gasteiger partial charge in [0.15, 0.2) is 11.5 Å². The first-order valence-corrected chi connectivity index (χ1v) is 7.99. The first kappa shape index (κ1) is 17.6. The van der Waals surface area contributed by atoms with E-state index >= 15 is 0 Å². The SMILES string of the molecule is COc1cc(/C=N/NC(=O)c2cc3ccccc3cc2O)cc(Cl)c1O. The highest BCUT2D eigenvalue weighted by Gasteiger charge is 2.12. The molecule has 26 heavy (non-hydrogen) atoms. The maximum Gasteiger partial charge on any atom is 0.275 e. The summed E-state index contributed by atoms with van der Waals surface area (Å²) in [5, 5.41) is 25.4. The summed E-state index contributed by atoms with van der Waals surface area (Å²) in [5.41, 5.74) is 2.98. The number of nitrogens with one attached hydrogen (secondary N) is 1. The van der Waals surface area contributed by atoms with Crippen LogP contribution in [0.25, 0.3) is 10.8 Å². The van der Waals surface area contributed by atoms with Gasteiger partial charge in [-0.2, -0.15) is 5.10 Å². The van der Waals surface area contributed by atoms with Crippen LogP contribution in [0.1, 0.15) is 15.9 Å². The second kappa shape index (κ2) is 7.33. The van der Waals surface area contributed by atoms with Crippen LogP contribution in [0.4, 0.5) is 0 Å². The van der Waals surface area contributed by atoms with Crippen molar-refractivity contribution < 1.29 is 19.7 Å². The Morgan fingerprint density at radius 2 is 1.85 bits per heavy atom. The topological polar surface area (TPSA) is 91.2 Å². The Balaban J connectivity index is 1.80. The lowest BCUT2D eigenvalue weighted by atomic mass is 10.1. The lowest BCUT2D eigenvalue weighted by Crippen LogP contribution is -2.17. The Hall–Kier alpha value is -3.25. The van der Waals surface area contributed by atoms with Crippen molar-refractivity contribution in [3.63, 3.8) is 0 Å². The fraction of sp³-hybridized carbons (Fsp3) is 0.0526. The number of benzene rings is 3. The molecule has 132 valence electrons. The third kappa shape index (κ3) is 3.55. The van der Waals surface area contributed by atoms with Crippen LogP contribution in [0, 0.1) is 0 Å². The standard InChI is InChI=1S/C19H15ClN2O4/c1-26-17-7-11(6-15(20)18(17)24)10-21-22-19(25)14-8-12-4-2-3-5-13(12)9-16(14)23/h2-10,23-24H,1H3,(H,22,25)/b21-10+. The van der Waals surface area contributed by atoms with Crippen LogP contribution >= 0.6 is 11.6 Å². The van der Waals surface area contributed by atoms with Crippen LogP contribution in [0.5, 0.6) is 17.2 Å². The lowest BCUT2D eigenvalue weighted by molar-refractivity contribution is 0.0952. The fourth-order valence-electron chi connectivity index (χ4n) is 2.46.